The molecule has 1 aliphatic heterocycles. The van der Waals surface area contributed by atoms with Crippen molar-refractivity contribution in [3.63, 3.8) is 0 Å². The second-order valence-corrected chi connectivity index (χ2v) is 6.83. The first-order chi connectivity index (χ1) is 14.0. The number of nitrogens with one attached hydrogen (secondary N) is 1. The lowest BCUT2D eigenvalue weighted by Gasteiger charge is -2.32. The average Bonchev–Trinajstić information content (AvgIpc) is 2.74. The third-order valence-corrected chi connectivity index (χ3v) is 4.77. The van der Waals surface area contributed by atoms with Gasteiger partial charge in [0.05, 0.1) is 6.61 Å². The molecule has 2 amide bonds. The molecular weight excluding hydrogens is 375 g/mol. The number of halogens is 1. The second-order valence-electron chi connectivity index (χ2n) is 6.83. The summed E-state index contributed by atoms with van der Waals surface area (Å²) < 4.78 is 24.2. The van der Waals surface area contributed by atoms with Crippen molar-refractivity contribution in [1.82, 2.24) is 10.2 Å². The molecule has 1 saturated heterocycles. The van der Waals surface area contributed by atoms with Crippen molar-refractivity contribution in [3.8, 4) is 11.5 Å². The van der Waals surface area contributed by atoms with Crippen LogP contribution in [0.25, 0.3) is 0 Å². The van der Waals surface area contributed by atoms with Crippen molar-refractivity contribution >= 4 is 11.8 Å². The summed E-state index contributed by atoms with van der Waals surface area (Å²) in [6.07, 6.45) is 1.30. The minimum absolute atomic E-state index is 0.0334. The molecule has 0 spiro atoms. The molecule has 0 bridgehead atoms. The maximum atomic E-state index is 13.3. The molecule has 0 saturated carbocycles. The van der Waals surface area contributed by atoms with Crippen LogP contribution in [0, 0.1) is 5.82 Å². The summed E-state index contributed by atoms with van der Waals surface area (Å²) in [6.45, 7) is 3.56. The van der Waals surface area contributed by atoms with E-state index < -0.39 is 5.82 Å². The van der Waals surface area contributed by atoms with Crippen molar-refractivity contribution in [2.24, 2.45) is 0 Å². The second kappa shape index (κ2) is 9.91. The number of piperidine rings is 1. The van der Waals surface area contributed by atoms with Crippen LogP contribution in [0.15, 0.2) is 48.5 Å². The lowest BCUT2D eigenvalue weighted by Crippen LogP contribution is -2.47. The van der Waals surface area contributed by atoms with E-state index in [1.165, 1.54) is 18.2 Å². The zero-order chi connectivity index (χ0) is 20.6. The summed E-state index contributed by atoms with van der Waals surface area (Å²) in [5.74, 6) is 0.542. The van der Waals surface area contributed by atoms with Crippen molar-refractivity contribution < 1.29 is 23.5 Å². The Morgan fingerprint density at radius 2 is 1.72 bits per heavy atom. The van der Waals surface area contributed by atoms with Crippen LogP contribution in [-0.2, 0) is 4.79 Å². The first kappa shape index (κ1) is 20.6. The van der Waals surface area contributed by atoms with Gasteiger partial charge in [0.1, 0.15) is 17.3 Å². The largest absolute Gasteiger partial charge is 0.494 e. The Morgan fingerprint density at radius 3 is 2.34 bits per heavy atom. The number of hydrogen-bond donors (Lipinski definition) is 1. The van der Waals surface area contributed by atoms with Gasteiger partial charge in [-0.15, -0.1) is 0 Å². The molecule has 29 heavy (non-hydrogen) atoms. The van der Waals surface area contributed by atoms with Crippen molar-refractivity contribution in [3.05, 3.63) is 59.9 Å². The minimum atomic E-state index is -0.439. The van der Waals surface area contributed by atoms with E-state index in [1.54, 1.807) is 35.2 Å². The molecule has 154 valence electrons. The molecule has 0 atom stereocenters. The van der Waals surface area contributed by atoms with Crippen LogP contribution < -0.4 is 14.8 Å². The van der Waals surface area contributed by atoms with E-state index in [4.69, 9.17) is 9.47 Å². The summed E-state index contributed by atoms with van der Waals surface area (Å²) in [5, 5.41) is 2.91. The van der Waals surface area contributed by atoms with Crippen molar-refractivity contribution in [1.29, 1.82) is 0 Å². The first-order valence-electron chi connectivity index (χ1n) is 9.75. The SMILES string of the molecule is CCOc1ccc(OCC(=O)N2CCC(NC(=O)c3cccc(F)c3)CC2)cc1. The molecule has 1 fully saturated rings. The van der Waals surface area contributed by atoms with E-state index in [1.807, 2.05) is 6.92 Å². The number of rotatable bonds is 7. The molecule has 1 N–H and O–H groups in total. The van der Waals surface area contributed by atoms with Gasteiger partial charge in [0.15, 0.2) is 6.61 Å². The van der Waals surface area contributed by atoms with Gasteiger partial charge in [-0.2, -0.15) is 0 Å². The molecule has 3 rings (SSSR count). The van der Waals surface area contributed by atoms with Crippen LogP contribution in [0.4, 0.5) is 4.39 Å². The van der Waals surface area contributed by atoms with Gasteiger partial charge in [-0.1, -0.05) is 6.07 Å². The molecule has 0 radical (unpaired) electrons. The molecule has 1 aliphatic rings. The number of ether oxygens (including phenoxy) is 2. The Balaban J connectivity index is 1.41. The van der Waals surface area contributed by atoms with Gasteiger partial charge in [-0.05, 0) is 62.2 Å². The summed E-state index contributed by atoms with van der Waals surface area (Å²) in [4.78, 5) is 26.3. The van der Waals surface area contributed by atoms with Crippen LogP contribution in [-0.4, -0.2) is 49.1 Å². The molecule has 2 aromatic rings. The highest BCUT2D eigenvalue weighted by atomic mass is 19.1. The zero-order valence-electron chi connectivity index (χ0n) is 16.4. The van der Waals surface area contributed by atoms with Crippen LogP contribution in [0.3, 0.4) is 0 Å². The van der Waals surface area contributed by atoms with Crippen LogP contribution in [0.1, 0.15) is 30.1 Å². The standard InChI is InChI=1S/C22H25FN2O4/c1-2-28-19-6-8-20(9-7-19)29-15-21(26)25-12-10-18(11-13-25)24-22(27)16-4-3-5-17(23)14-16/h3-9,14,18H,2,10-13,15H2,1H3,(H,24,27). The number of benzene rings is 2. The smallest absolute Gasteiger partial charge is 0.260 e. The summed E-state index contributed by atoms with van der Waals surface area (Å²) in [6, 6.07) is 12.7. The average molecular weight is 400 g/mol. The molecular formula is C22H25FN2O4. The van der Waals surface area contributed by atoms with E-state index in [9.17, 15) is 14.0 Å². The van der Waals surface area contributed by atoms with Gasteiger partial charge in [0.2, 0.25) is 0 Å². The molecule has 1 heterocycles. The topological polar surface area (TPSA) is 67.9 Å². The monoisotopic (exact) mass is 400 g/mol. The first-order valence-corrected chi connectivity index (χ1v) is 9.75. The Bertz CT molecular complexity index is 833. The fraction of sp³-hybridized carbons (Fsp3) is 0.364. The van der Waals surface area contributed by atoms with Gasteiger partial charge in [-0.3, -0.25) is 9.59 Å². The summed E-state index contributed by atoms with van der Waals surface area (Å²) in [5.41, 5.74) is 0.298. The number of carbonyl (C=O) groups excluding carboxylic acids is 2. The molecule has 0 aliphatic carbocycles. The predicted octanol–water partition coefficient (Wildman–Crippen LogP) is 3.02. The zero-order valence-corrected chi connectivity index (χ0v) is 16.4. The Hall–Kier alpha value is -3.09. The number of carbonyl (C=O) groups is 2. The highest BCUT2D eigenvalue weighted by Crippen LogP contribution is 2.18. The number of likely N-dealkylation sites (tertiary alicyclic amines) is 1. The fourth-order valence-electron chi connectivity index (χ4n) is 3.21. The Labute approximate surface area is 169 Å². The highest BCUT2D eigenvalue weighted by molar-refractivity contribution is 5.94. The highest BCUT2D eigenvalue weighted by Gasteiger charge is 2.24. The third-order valence-electron chi connectivity index (χ3n) is 4.77. The van der Waals surface area contributed by atoms with Crippen molar-refractivity contribution in [2.45, 2.75) is 25.8 Å². The number of nitrogens with zero attached hydrogens (tertiary/aromatic N) is 1. The van der Waals surface area contributed by atoms with E-state index in [-0.39, 0.29) is 24.5 Å². The number of amides is 2. The molecule has 6 nitrogen and oxygen atoms in total. The van der Waals surface area contributed by atoms with Crippen LogP contribution >= 0.6 is 0 Å². The van der Waals surface area contributed by atoms with E-state index in [0.717, 1.165) is 5.75 Å². The summed E-state index contributed by atoms with van der Waals surface area (Å²) >= 11 is 0. The summed E-state index contributed by atoms with van der Waals surface area (Å²) in [7, 11) is 0. The number of hydrogen-bond acceptors (Lipinski definition) is 4. The molecule has 0 unspecified atom stereocenters. The van der Waals surface area contributed by atoms with Crippen LogP contribution in [0.5, 0.6) is 11.5 Å². The fourth-order valence-corrected chi connectivity index (χ4v) is 3.21. The van der Waals surface area contributed by atoms with E-state index >= 15 is 0 Å². The van der Waals surface area contributed by atoms with E-state index in [2.05, 4.69) is 5.32 Å². The normalized spacial score (nSPS) is 14.3. The maximum Gasteiger partial charge on any atom is 0.260 e. The third kappa shape index (κ3) is 5.94. The van der Waals surface area contributed by atoms with Crippen LogP contribution in [0.2, 0.25) is 0 Å². The lowest BCUT2D eigenvalue weighted by atomic mass is 10.0. The quantitative estimate of drug-likeness (QED) is 0.776. The van der Waals surface area contributed by atoms with Gasteiger partial charge < -0.3 is 19.7 Å². The van der Waals surface area contributed by atoms with Crippen molar-refractivity contribution in [2.75, 3.05) is 26.3 Å². The van der Waals surface area contributed by atoms with E-state index in [0.29, 0.717) is 43.9 Å². The Morgan fingerprint density at radius 1 is 1.07 bits per heavy atom. The molecule has 7 heteroatoms. The van der Waals surface area contributed by atoms with Gasteiger partial charge in [-0.25, -0.2) is 4.39 Å². The lowest BCUT2D eigenvalue weighted by molar-refractivity contribution is -0.134. The van der Waals surface area contributed by atoms with Gasteiger partial charge >= 0.3 is 0 Å². The molecule has 2 aromatic carbocycles. The predicted molar refractivity (Wildman–Crippen MR) is 107 cm³/mol. The maximum absolute atomic E-state index is 13.3. The van der Waals surface area contributed by atoms with Gasteiger partial charge in [0.25, 0.3) is 11.8 Å². The van der Waals surface area contributed by atoms with Gasteiger partial charge in [0, 0.05) is 24.7 Å². The molecule has 0 aromatic heterocycles. The minimum Gasteiger partial charge on any atom is -0.494 e. The Kier molecular flexibility index (Phi) is 7.05.